The van der Waals surface area contributed by atoms with Gasteiger partial charge in [-0.15, -0.1) is 0 Å². The predicted molar refractivity (Wildman–Crippen MR) is 107 cm³/mol. The first kappa shape index (κ1) is 20.9. The van der Waals surface area contributed by atoms with E-state index in [-0.39, 0.29) is 11.3 Å². The summed E-state index contributed by atoms with van der Waals surface area (Å²) >= 11 is 3.28. The average Bonchev–Trinajstić information content (AvgIpc) is 2.99. The monoisotopic (exact) mass is 467 g/mol. The third kappa shape index (κ3) is 4.45. The summed E-state index contributed by atoms with van der Waals surface area (Å²) in [6, 6.07) is 9.73. The Bertz CT molecular complexity index is 1080. The minimum Gasteiger partial charge on any atom is -0.497 e. The van der Waals surface area contributed by atoms with Gasteiger partial charge in [-0.25, -0.2) is 4.68 Å². The zero-order valence-corrected chi connectivity index (χ0v) is 17.4. The predicted octanol–water partition coefficient (Wildman–Crippen LogP) is 5.53. The van der Waals surface area contributed by atoms with Gasteiger partial charge in [0.05, 0.1) is 35.3 Å². The van der Waals surface area contributed by atoms with Gasteiger partial charge in [0.2, 0.25) is 0 Å². The first-order valence-electron chi connectivity index (χ1n) is 8.50. The molecule has 9 heteroatoms. The highest BCUT2D eigenvalue weighted by molar-refractivity contribution is 9.10. The number of nitrogens with one attached hydrogen (secondary N) is 1. The summed E-state index contributed by atoms with van der Waals surface area (Å²) < 4.78 is 46.8. The van der Waals surface area contributed by atoms with Crippen molar-refractivity contribution >= 4 is 27.5 Å². The van der Waals surface area contributed by atoms with E-state index in [1.165, 1.54) is 23.9 Å². The van der Waals surface area contributed by atoms with Gasteiger partial charge in [-0.05, 0) is 72.2 Å². The molecule has 0 fully saturated rings. The quantitative estimate of drug-likeness (QED) is 0.548. The fourth-order valence-corrected chi connectivity index (χ4v) is 3.29. The lowest BCUT2D eigenvalue weighted by atomic mass is 10.1. The van der Waals surface area contributed by atoms with Gasteiger partial charge < -0.3 is 10.1 Å². The molecule has 0 saturated carbocycles. The summed E-state index contributed by atoms with van der Waals surface area (Å²) in [7, 11) is 1.46. The van der Waals surface area contributed by atoms with E-state index in [2.05, 4.69) is 26.3 Å². The zero-order valence-electron chi connectivity index (χ0n) is 15.8. The van der Waals surface area contributed by atoms with E-state index in [4.69, 9.17) is 4.74 Å². The van der Waals surface area contributed by atoms with Crippen molar-refractivity contribution in [1.82, 2.24) is 9.78 Å². The van der Waals surface area contributed by atoms with Gasteiger partial charge in [-0.2, -0.15) is 18.3 Å². The van der Waals surface area contributed by atoms with Gasteiger partial charge in [-0.1, -0.05) is 0 Å². The molecule has 1 heterocycles. The van der Waals surface area contributed by atoms with Crippen LogP contribution in [0.25, 0.3) is 5.69 Å². The van der Waals surface area contributed by atoms with Crippen LogP contribution in [0.5, 0.6) is 5.75 Å². The van der Waals surface area contributed by atoms with Crippen molar-refractivity contribution in [2.75, 3.05) is 12.4 Å². The summed E-state index contributed by atoms with van der Waals surface area (Å²) in [6.45, 7) is 3.56. The highest BCUT2D eigenvalue weighted by atomic mass is 79.9. The second-order valence-electron chi connectivity index (χ2n) is 6.37. The fourth-order valence-electron chi connectivity index (χ4n) is 2.86. The van der Waals surface area contributed by atoms with Gasteiger partial charge in [0.15, 0.2) is 0 Å². The van der Waals surface area contributed by atoms with Gasteiger partial charge >= 0.3 is 6.18 Å². The number of anilines is 1. The van der Waals surface area contributed by atoms with Crippen LogP contribution in [0, 0.1) is 13.8 Å². The fraction of sp³-hybridized carbons (Fsp3) is 0.200. The first-order chi connectivity index (χ1) is 13.6. The topological polar surface area (TPSA) is 56.1 Å². The van der Waals surface area contributed by atoms with E-state index >= 15 is 0 Å². The molecule has 1 amide bonds. The maximum atomic E-state index is 13.2. The molecule has 0 unspecified atom stereocenters. The number of hydrogen-bond donors (Lipinski definition) is 1. The summed E-state index contributed by atoms with van der Waals surface area (Å²) in [5.74, 6) is -0.140. The van der Waals surface area contributed by atoms with Gasteiger partial charge in [0.1, 0.15) is 5.75 Å². The Morgan fingerprint density at radius 1 is 1.14 bits per heavy atom. The minimum absolute atomic E-state index is 0.00857. The van der Waals surface area contributed by atoms with Gasteiger partial charge in [-0.3, -0.25) is 4.79 Å². The van der Waals surface area contributed by atoms with E-state index in [9.17, 15) is 18.0 Å². The number of benzene rings is 2. The molecule has 0 saturated heterocycles. The Balaban J connectivity index is 2.09. The normalized spacial score (nSPS) is 11.4. The lowest BCUT2D eigenvalue weighted by Gasteiger charge is -2.16. The molecule has 0 bridgehead atoms. The number of carbonyl (C=O) groups excluding carboxylic acids is 1. The zero-order chi connectivity index (χ0) is 21.3. The third-order valence-electron chi connectivity index (χ3n) is 4.23. The second kappa shape index (κ2) is 7.90. The Labute approximate surface area is 173 Å². The smallest absolute Gasteiger partial charge is 0.416 e. The molecule has 0 aliphatic rings. The van der Waals surface area contributed by atoms with Crippen LogP contribution in [0.1, 0.15) is 27.3 Å². The Morgan fingerprint density at radius 3 is 2.45 bits per heavy atom. The lowest BCUT2D eigenvalue weighted by molar-refractivity contribution is -0.137. The molecule has 0 aliphatic carbocycles. The van der Waals surface area contributed by atoms with E-state index in [0.717, 1.165) is 17.8 Å². The summed E-state index contributed by atoms with van der Waals surface area (Å²) in [5, 5.41) is 6.89. The van der Waals surface area contributed by atoms with Crippen molar-refractivity contribution < 1.29 is 22.7 Å². The van der Waals surface area contributed by atoms with Crippen LogP contribution in [0.4, 0.5) is 18.9 Å². The number of aryl methyl sites for hydroxylation is 2. The molecule has 1 aromatic heterocycles. The molecular formula is C20H17BrF3N3O2. The molecule has 2 aromatic carbocycles. The number of alkyl halides is 3. The maximum absolute atomic E-state index is 13.2. The van der Waals surface area contributed by atoms with Crippen LogP contribution in [0.2, 0.25) is 0 Å². The molecule has 29 heavy (non-hydrogen) atoms. The van der Waals surface area contributed by atoms with E-state index in [0.29, 0.717) is 21.6 Å². The van der Waals surface area contributed by atoms with Crippen LogP contribution in [-0.2, 0) is 6.18 Å². The molecule has 3 rings (SSSR count). The largest absolute Gasteiger partial charge is 0.497 e. The number of hydrogen-bond acceptors (Lipinski definition) is 3. The SMILES string of the molecule is COc1ccc(Br)c(C(=O)Nc2cc(C(F)(F)F)ccc2-n2nc(C)cc2C)c1. The maximum Gasteiger partial charge on any atom is 0.416 e. The summed E-state index contributed by atoms with van der Waals surface area (Å²) in [6.07, 6.45) is -4.55. The second-order valence-corrected chi connectivity index (χ2v) is 7.22. The molecule has 0 atom stereocenters. The first-order valence-corrected chi connectivity index (χ1v) is 9.29. The number of ether oxygens (including phenoxy) is 1. The van der Waals surface area contributed by atoms with Crippen molar-refractivity contribution in [1.29, 1.82) is 0 Å². The highest BCUT2D eigenvalue weighted by Crippen LogP contribution is 2.34. The van der Waals surface area contributed by atoms with Crippen LogP contribution in [0.3, 0.4) is 0 Å². The number of aromatic nitrogens is 2. The molecule has 1 N–H and O–H groups in total. The van der Waals surface area contributed by atoms with Crippen molar-refractivity contribution in [2.24, 2.45) is 0 Å². The highest BCUT2D eigenvalue weighted by Gasteiger charge is 2.31. The van der Waals surface area contributed by atoms with Crippen LogP contribution in [0.15, 0.2) is 46.9 Å². The number of halogens is 4. The molecule has 0 radical (unpaired) electrons. The molecule has 0 aliphatic heterocycles. The van der Waals surface area contributed by atoms with Gasteiger partial charge in [0, 0.05) is 10.2 Å². The van der Waals surface area contributed by atoms with E-state index < -0.39 is 17.6 Å². The number of carbonyl (C=O) groups is 1. The number of rotatable bonds is 4. The summed E-state index contributed by atoms with van der Waals surface area (Å²) in [5.41, 5.74) is 1.10. The summed E-state index contributed by atoms with van der Waals surface area (Å²) in [4.78, 5) is 12.8. The third-order valence-corrected chi connectivity index (χ3v) is 4.92. The minimum atomic E-state index is -4.55. The van der Waals surface area contributed by atoms with Crippen molar-refractivity contribution in [3.05, 3.63) is 69.5 Å². The van der Waals surface area contributed by atoms with Crippen LogP contribution in [-0.4, -0.2) is 22.8 Å². The Hall–Kier alpha value is -2.81. The number of amides is 1. The number of methoxy groups -OCH3 is 1. The van der Waals surface area contributed by atoms with Crippen LogP contribution >= 0.6 is 15.9 Å². The Kier molecular flexibility index (Phi) is 5.70. The molecular weight excluding hydrogens is 451 g/mol. The lowest BCUT2D eigenvalue weighted by Crippen LogP contribution is -2.16. The van der Waals surface area contributed by atoms with Crippen molar-refractivity contribution in [2.45, 2.75) is 20.0 Å². The van der Waals surface area contributed by atoms with Crippen molar-refractivity contribution in [3.63, 3.8) is 0 Å². The number of nitrogens with zero attached hydrogens (tertiary/aromatic N) is 2. The van der Waals surface area contributed by atoms with Crippen LogP contribution < -0.4 is 10.1 Å². The van der Waals surface area contributed by atoms with E-state index in [1.54, 1.807) is 32.0 Å². The average molecular weight is 468 g/mol. The van der Waals surface area contributed by atoms with Gasteiger partial charge in [0.25, 0.3) is 5.91 Å². The molecule has 152 valence electrons. The molecule has 5 nitrogen and oxygen atoms in total. The Morgan fingerprint density at radius 2 is 1.86 bits per heavy atom. The van der Waals surface area contributed by atoms with E-state index in [1.807, 2.05) is 0 Å². The molecule has 3 aromatic rings. The van der Waals surface area contributed by atoms with Crippen molar-refractivity contribution in [3.8, 4) is 11.4 Å². The molecule has 0 spiro atoms. The standard InChI is InChI=1S/C20H17BrF3N3O2/c1-11-8-12(2)27(26-11)18-7-4-13(20(22,23)24)9-17(18)25-19(28)15-10-14(29-3)5-6-16(15)21/h4-10H,1-3H3,(H,25,28).